The molecule has 1 rings (SSSR count). The Hall–Kier alpha value is -1.06. The van der Waals surface area contributed by atoms with Gasteiger partial charge in [0.05, 0.1) is 24.0 Å². The van der Waals surface area contributed by atoms with Crippen molar-refractivity contribution in [2.75, 3.05) is 0 Å². The molecule has 22 heavy (non-hydrogen) atoms. The summed E-state index contributed by atoms with van der Waals surface area (Å²) < 4.78 is 10.9. The molecule has 2 atom stereocenters. The van der Waals surface area contributed by atoms with Crippen LogP contribution in [-0.2, 0) is 19.1 Å². The Bertz CT molecular complexity index is 311. The van der Waals surface area contributed by atoms with Crippen LogP contribution in [0.15, 0.2) is 0 Å². The first-order valence-corrected chi connectivity index (χ1v) is 8.88. The molecule has 0 radical (unpaired) electrons. The van der Waals surface area contributed by atoms with Crippen molar-refractivity contribution in [2.45, 2.75) is 91.3 Å². The quantitative estimate of drug-likeness (QED) is 0.628. The number of esters is 2. The molecule has 1 aliphatic carbocycles. The third-order valence-corrected chi connectivity index (χ3v) is 4.42. The predicted octanol–water partition coefficient (Wildman–Crippen LogP) is 4.26. The number of carbonyl (C=O) groups is 2. The predicted molar refractivity (Wildman–Crippen MR) is 86.4 cm³/mol. The Kier molecular flexibility index (Phi) is 8.51. The van der Waals surface area contributed by atoms with E-state index in [4.69, 9.17) is 9.47 Å². The molecule has 2 unspecified atom stereocenters. The van der Waals surface area contributed by atoms with Crippen molar-refractivity contribution in [3.8, 4) is 0 Å². The minimum atomic E-state index is -0.0906. The zero-order valence-electron chi connectivity index (χ0n) is 14.6. The van der Waals surface area contributed by atoms with Crippen LogP contribution in [-0.4, -0.2) is 24.1 Å². The number of rotatable bonds is 8. The molecule has 1 fully saturated rings. The summed E-state index contributed by atoms with van der Waals surface area (Å²) in [6, 6.07) is 0. The van der Waals surface area contributed by atoms with Gasteiger partial charge in [0, 0.05) is 0 Å². The highest BCUT2D eigenvalue weighted by Gasteiger charge is 2.32. The summed E-state index contributed by atoms with van der Waals surface area (Å²) in [4.78, 5) is 24.2. The van der Waals surface area contributed by atoms with Crippen molar-refractivity contribution in [1.82, 2.24) is 0 Å². The highest BCUT2D eigenvalue weighted by atomic mass is 16.5. The molecule has 1 saturated carbocycles. The van der Waals surface area contributed by atoms with Gasteiger partial charge in [0.15, 0.2) is 0 Å². The second kappa shape index (κ2) is 9.86. The topological polar surface area (TPSA) is 52.6 Å². The molecule has 0 heterocycles. The maximum atomic E-state index is 12.1. The lowest BCUT2D eigenvalue weighted by atomic mass is 9.82. The second-order valence-corrected chi connectivity index (χ2v) is 6.62. The SMILES string of the molecule is CCCC(C)OC(=O)C1CCC(C(=O)OC(C)CCC)CC1. The molecule has 128 valence electrons. The monoisotopic (exact) mass is 312 g/mol. The zero-order chi connectivity index (χ0) is 16.5. The zero-order valence-corrected chi connectivity index (χ0v) is 14.6. The molecule has 4 heteroatoms. The van der Waals surface area contributed by atoms with Crippen LogP contribution in [0.5, 0.6) is 0 Å². The van der Waals surface area contributed by atoms with Crippen molar-refractivity contribution >= 4 is 11.9 Å². The van der Waals surface area contributed by atoms with E-state index in [1.54, 1.807) is 0 Å². The average molecular weight is 312 g/mol. The molecule has 1 aliphatic rings. The normalized spacial score (nSPS) is 24.4. The van der Waals surface area contributed by atoms with Crippen molar-refractivity contribution in [1.29, 1.82) is 0 Å². The molecule has 0 bridgehead atoms. The van der Waals surface area contributed by atoms with Gasteiger partial charge >= 0.3 is 11.9 Å². The summed E-state index contributed by atoms with van der Waals surface area (Å²) in [7, 11) is 0. The van der Waals surface area contributed by atoms with Gasteiger partial charge in [0.25, 0.3) is 0 Å². The van der Waals surface area contributed by atoms with E-state index in [0.717, 1.165) is 51.4 Å². The first-order valence-electron chi connectivity index (χ1n) is 8.88. The maximum absolute atomic E-state index is 12.1. The van der Waals surface area contributed by atoms with Gasteiger partial charge in [0.1, 0.15) is 0 Å². The average Bonchev–Trinajstić information content (AvgIpc) is 2.47. The number of hydrogen-bond acceptors (Lipinski definition) is 4. The van der Waals surface area contributed by atoms with Gasteiger partial charge in [-0.1, -0.05) is 26.7 Å². The molecule has 0 aromatic carbocycles. The van der Waals surface area contributed by atoms with Gasteiger partial charge in [-0.3, -0.25) is 9.59 Å². The number of hydrogen-bond donors (Lipinski definition) is 0. The standard InChI is InChI=1S/C18H32O4/c1-5-7-13(3)21-17(19)15-9-11-16(12-10-15)18(20)22-14(4)8-6-2/h13-16H,5-12H2,1-4H3. The van der Waals surface area contributed by atoms with E-state index >= 15 is 0 Å². The van der Waals surface area contributed by atoms with Crippen LogP contribution < -0.4 is 0 Å². The van der Waals surface area contributed by atoms with Gasteiger partial charge in [-0.2, -0.15) is 0 Å². The second-order valence-electron chi connectivity index (χ2n) is 6.62. The summed E-state index contributed by atoms with van der Waals surface area (Å²) in [5.41, 5.74) is 0. The summed E-state index contributed by atoms with van der Waals surface area (Å²) in [5, 5.41) is 0. The van der Waals surface area contributed by atoms with E-state index < -0.39 is 0 Å². The molecule has 0 spiro atoms. The van der Waals surface area contributed by atoms with Crippen LogP contribution >= 0.6 is 0 Å². The lowest BCUT2D eigenvalue weighted by Gasteiger charge is -2.27. The van der Waals surface area contributed by atoms with Gasteiger partial charge in [-0.05, 0) is 52.4 Å². The summed E-state index contributed by atoms with van der Waals surface area (Å²) >= 11 is 0. The molecule has 4 nitrogen and oxygen atoms in total. The van der Waals surface area contributed by atoms with Crippen LogP contribution in [0.4, 0.5) is 0 Å². The van der Waals surface area contributed by atoms with Gasteiger partial charge in [-0.15, -0.1) is 0 Å². The van der Waals surface area contributed by atoms with E-state index in [9.17, 15) is 9.59 Å². The molecule has 0 amide bonds. The third kappa shape index (κ3) is 6.37. The van der Waals surface area contributed by atoms with Crippen molar-refractivity contribution in [3.05, 3.63) is 0 Å². The minimum absolute atomic E-state index is 0.00455. The van der Waals surface area contributed by atoms with E-state index in [-0.39, 0.29) is 36.0 Å². The van der Waals surface area contributed by atoms with Crippen LogP contribution in [0, 0.1) is 11.8 Å². The van der Waals surface area contributed by atoms with Gasteiger partial charge in [-0.25, -0.2) is 0 Å². The first-order chi connectivity index (χ1) is 10.5. The lowest BCUT2D eigenvalue weighted by molar-refractivity contribution is -0.160. The smallest absolute Gasteiger partial charge is 0.309 e. The molecule has 0 aromatic rings. The third-order valence-electron chi connectivity index (χ3n) is 4.42. The number of carbonyl (C=O) groups excluding carboxylic acids is 2. The van der Waals surface area contributed by atoms with E-state index in [1.807, 2.05) is 13.8 Å². The Labute approximate surface area is 134 Å². The molecular formula is C18H32O4. The Balaban J connectivity index is 2.33. The molecular weight excluding hydrogens is 280 g/mol. The fourth-order valence-corrected chi connectivity index (χ4v) is 3.08. The van der Waals surface area contributed by atoms with E-state index in [1.165, 1.54) is 0 Å². The van der Waals surface area contributed by atoms with E-state index in [2.05, 4.69) is 13.8 Å². The summed E-state index contributed by atoms with van der Waals surface area (Å²) in [6.07, 6.45) is 6.78. The highest BCUT2D eigenvalue weighted by Crippen LogP contribution is 2.31. The Morgan fingerprint density at radius 3 is 1.41 bits per heavy atom. The lowest BCUT2D eigenvalue weighted by Crippen LogP contribution is -2.31. The highest BCUT2D eigenvalue weighted by molar-refractivity contribution is 5.75. The van der Waals surface area contributed by atoms with Crippen LogP contribution in [0.2, 0.25) is 0 Å². The molecule has 0 aromatic heterocycles. The maximum Gasteiger partial charge on any atom is 0.309 e. The van der Waals surface area contributed by atoms with Gasteiger partial charge < -0.3 is 9.47 Å². The molecule has 0 aliphatic heterocycles. The Morgan fingerprint density at radius 1 is 0.818 bits per heavy atom. The van der Waals surface area contributed by atoms with Crippen LogP contribution in [0.1, 0.15) is 79.1 Å². The summed E-state index contributed by atoms with van der Waals surface area (Å²) in [5.74, 6) is -0.271. The number of ether oxygens (including phenoxy) is 2. The summed E-state index contributed by atoms with van der Waals surface area (Å²) in [6.45, 7) is 8.06. The van der Waals surface area contributed by atoms with E-state index in [0.29, 0.717) is 0 Å². The Morgan fingerprint density at radius 2 is 1.14 bits per heavy atom. The largest absolute Gasteiger partial charge is 0.462 e. The van der Waals surface area contributed by atoms with Crippen molar-refractivity contribution < 1.29 is 19.1 Å². The van der Waals surface area contributed by atoms with Crippen LogP contribution in [0.25, 0.3) is 0 Å². The fraction of sp³-hybridized carbons (Fsp3) is 0.889. The first kappa shape index (κ1) is 19.0. The minimum Gasteiger partial charge on any atom is -0.462 e. The fourth-order valence-electron chi connectivity index (χ4n) is 3.08. The van der Waals surface area contributed by atoms with Crippen molar-refractivity contribution in [2.24, 2.45) is 11.8 Å². The molecule has 0 N–H and O–H groups in total. The van der Waals surface area contributed by atoms with Crippen LogP contribution in [0.3, 0.4) is 0 Å². The van der Waals surface area contributed by atoms with Gasteiger partial charge in [0.2, 0.25) is 0 Å². The van der Waals surface area contributed by atoms with Crippen molar-refractivity contribution in [3.63, 3.8) is 0 Å². The molecule has 0 saturated heterocycles.